The number of nitrogens with one attached hydrogen (secondary N) is 2. The molecule has 3 heterocycles. The van der Waals surface area contributed by atoms with Crippen molar-refractivity contribution in [2.45, 2.75) is 51.3 Å². The zero-order chi connectivity index (χ0) is 22.3. The maximum atomic E-state index is 13.6. The monoisotopic (exact) mass is 426 g/mol. The molecule has 4 rings (SSSR count). The van der Waals surface area contributed by atoms with E-state index in [-0.39, 0.29) is 30.5 Å². The van der Waals surface area contributed by atoms with Crippen LogP contribution in [0.4, 0.5) is 4.79 Å². The maximum Gasteiger partial charge on any atom is 0.322 e. The second-order valence-corrected chi connectivity index (χ2v) is 9.01. The van der Waals surface area contributed by atoms with Crippen molar-refractivity contribution in [3.63, 3.8) is 0 Å². The molecule has 8 nitrogen and oxygen atoms in total. The average molecular weight is 427 g/mol. The smallest absolute Gasteiger partial charge is 0.322 e. The van der Waals surface area contributed by atoms with Crippen molar-refractivity contribution in [1.29, 1.82) is 0 Å². The van der Waals surface area contributed by atoms with Gasteiger partial charge in [0.25, 0.3) is 5.91 Å². The lowest BCUT2D eigenvalue weighted by molar-refractivity contribution is -0.142. The van der Waals surface area contributed by atoms with Crippen LogP contribution >= 0.6 is 0 Å². The maximum absolute atomic E-state index is 13.6. The second-order valence-electron chi connectivity index (χ2n) is 9.01. The Bertz CT molecular complexity index is 949. The molecule has 0 aliphatic carbocycles. The van der Waals surface area contributed by atoms with Gasteiger partial charge in [-0.25, -0.2) is 4.79 Å². The molecule has 0 saturated carbocycles. The van der Waals surface area contributed by atoms with Crippen LogP contribution in [0.3, 0.4) is 0 Å². The minimum atomic E-state index is -1.08. The molecule has 3 aliphatic rings. The molecular formula is C23H30N4O4. The SMILES string of the molecule is Cc1cccc([C@@H]2NC(=O)N(C)C3=C2C(=O)N(C(C)(C)C(=O)NC[C@@H]2CCCO2)C3)c1. The highest BCUT2D eigenvalue weighted by Crippen LogP contribution is 2.38. The second kappa shape index (κ2) is 8.00. The normalized spacial score (nSPS) is 23.9. The standard InChI is InChI=1S/C23H30N4O4/c1-14-7-5-8-15(11-14)19-18-17(26(4)22(30)25-19)13-27(20(18)28)23(2,3)21(29)24-12-16-9-6-10-31-16/h5,7-8,11,16,19H,6,9-10,12-13H2,1-4H3,(H,24,29)(H,25,30)/t16-,19-/m0/s1. The summed E-state index contributed by atoms with van der Waals surface area (Å²) in [4.78, 5) is 42.2. The van der Waals surface area contributed by atoms with Crippen molar-refractivity contribution in [3.05, 3.63) is 46.7 Å². The molecule has 2 atom stereocenters. The molecule has 1 saturated heterocycles. The van der Waals surface area contributed by atoms with E-state index in [1.165, 1.54) is 4.90 Å². The fourth-order valence-electron chi connectivity index (χ4n) is 4.47. The van der Waals surface area contributed by atoms with Crippen LogP contribution in [0.2, 0.25) is 0 Å². The summed E-state index contributed by atoms with van der Waals surface area (Å²) < 4.78 is 5.58. The first kappa shape index (κ1) is 21.4. The lowest BCUT2D eigenvalue weighted by Gasteiger charge is -2.35. The van der Waals surface area contributed by atoms with Crippen LogP contribution in [0.15, 0.2) is 35.5 Å². The van der Waals surface area contributed by atoms with Gasteiger partial charge in [-0.15, -0.1) is 0 Å². The molecule has 8 heteroatoms. The van der Waals surface area contributed by atoms with Gasteiger partial charge in [-0.2, -0.15) is 0 Å². The van der Waals surface area contributed by atoms with E-state index in [0.717, 1.165) is 30.6 Å². The van der Waals surface area contributed by atoms with Gasteiger partial charge < -0.3 is 20.3 Å². The average Bonchev–Trinajstić information content (AvgIpc) is 3.37. The van der Waals surface area contributed by atoms with Crippen LogP contribution in [-0.2, 0) is 14.3 Å². The summed E-state index contributed by atoms with van der Waals surface area (Å²) in [6.07, 6.45) is 1.95. The highest BCUT2D eigenvalue weighted by molar-refractivity contribution is 6.04. The van der Waals surface area contributed by atoms with Gasteiger partial charge in [0.05, 0.1) is 30.0 Å². The Kier molecular flexibility index (Phi) is 5.51. The van der Waals surface area contributed by atoms with E-state index in [1.54, 1.807) is 25.8 Å². The zero-order valence-electron chi connectivity index (χ0n) is 18.5. The first-order valence-electron chi connectivity index (χ1n) is 10.8. The number of benzene rings is 1. The molecule has 1 fully saturated rings. The summed E-state index contributed by atoms with van der Waals surface area (Å²) in [5, 5.41) is 5.88. The van der Waals surface area contributed by atoms with Crippen LogP contribution < -0.4 is 10.6 Å². The van der Waals surface area contributed by atoms with E-state index in [9.17, 15) is 14.4 Å². The zero-order valence-corrected chi connectivity index (χ0v) is 18.5. The Labute approximate surface area is 182 Å². The van der Waals surface area contributed by atoms with Crippen molar-refractivity contribution in [2.24, 2.45) is 0 Å². The van der Waals surface area contributed by atoms with E-state index in [0.29, 0.717) is 17.8 Å². The van der Waals surface area contributed by atoms with Gasteiger partial charge in [0.2, 0.25) is 5.91 Å². The number of amides is 4. The van der Waals surface area contributed by atoms with Crippen molar-refractivity contribution >= 4 is 17.8 Å². The number of ether oxygens (including phenoxy) is 1. The molecule has 2 N–H and O–H groups in total. The van der Waals surface area contributed by atoms with Gasteiger partial charge in [0, 0.05) is 20.2 Å². The molecule has 0 unspecified atom stereocenters. The van der Waals surface area contributed by atoms with E-state index in [2.05, 4.69) is 10.6 Å². The minimum Gasteiger partial charge on any atom is -0.376 e. The highest BCUT2D eigenvalue weighted by atomic mass is 16.5. The first-order chi connectivity index (χ1) is 14.7. The number of hydrogen-bond donors (Lipinski definition) is 2. The number of urea groups is 1. The summed E-state index contributed by atoms with van der Waals surface area (Å²) in [7, 11) is 1.65. The number of aryl methyl sites for hydroxylation is 1. The number of likely N-dealkylation sites (N-methyl/N-ethyl adjacent to an activating group) is 1. The summed E-state index contributed by atoms with van der Waals surface area (Å²) in [5.41, 5.74) is 1.98. The molecule has 1 aromatic rings. The van der Waals surface area contributed by atoms with Crippen molar-refractivity contribution in [3.8, 4) is 0 Å². The summed E-state index contributed by atoms with van der Waals surface area (Å²) >= 11 is 0. The van der Waals surface area contributed by atoms with Crippen molar-refractivity contribution in [1.82, 2.24) is 20.4 Å². The summed E-state index contributed by atoms with van der Waals surface area (Å²) in [5.74, 6) is -0.462. The fourth-order valence-corrected chi connectivity index (χ4v) is 4.47. The number of nitrogens with zero attached hydrogens (tertiary/aromatic N) is 2. The quantitative estimate of drug-likeness (QED) is 0.752. The van der Waals surface area contributed by atoms with E-state index < -0.39 is 11.6 Å². The van der Waals surface area contributed by atoms with Crippen LogP contribution in [0.1, 0.15) is 43.9 Å². The largest absolute Gasteiger partial charge is 0.376 e. The van der Waals surface area contributed by atoms with Crippen LogP contribution in [0, 0.1) is 6.92 Å². The summed E-state index contributed by atoms with van der Waals surface area (Å²) in [6, 6.07) is 6.96. The third kappa shape index (κ3) is 3.80. The Balaban J connectivity index is 1.58. The number of hydrogen-bond acceptors (Lipinski definition) is 4. The molecule has 3 aliphatic heterocycles. The Hall–Kier alpha value is -2.87. The molecule has 0 bridgehead atoms. The third-order valence-electron chi connectivity index (χ3n) is 6.48. The molecule has 0 radical (unpaired) electrons. The number of rotatable bonds is 5. The first-order valence-corrected chi connectivity index (χ1v) is 10.8. The Morgan fingerprint density at radius 3 is 2.77 bits per heavy atom. The van der Waals surface area contributed by atoms with Gasteiger partial charge in [0.15, 0.2) is 0 Å². The van der Waals surface area contributed by atoms with Crippen LogP contribution in [0.5, 0.6) is 0 Å². The molecular weight excluding hydrogens is 396 g/mol. The van der Waals surface area contributed by atoms with Crippen LogP contribution in [0.25, 0.3) is 0 Å². The predicted octanol–water partition coefficient (Wildman–Crippen LogP) is 1.86. The van der Waals surface area contributed by atoms with Crippen LogP contribution in [-0.4, -0.2) is 66.0 Å². The lowest BCUT2D eigenvalue weighted by atomic mass is 9.94. The molecule has 0 spiro atoms. The van der Waals surface area contributed by atoms with Gasteiger partial charge in [0.1, 0.15) is 5.54 Å². The van der Waals surface area contributed by atoms with Crippen molar-refractivity contribution in [2.75, 3.05) is 26.7 Å². The third-order valence-corrected chi connectivity index (χ3v) is 6.48. The molecule has 166 valence electrons. The summed E-state index contributed by atoms with van der Waals surface area (Å²) in [6.45, 7) is 6.82. The van der Waals surface area contributed by atoms with E-state index >= 15 is 0 Å². The fraction of sp³-hybridized carbons (Fsp3) is 0.522. The van der Waals surface area contributed by atoms with Gasteiger partial charge in [-0.1, -0.05) is 29.8 Å². The Morgan fingerprint density at radius 1 is 1.32 bits per heavy atom. The topological polar surface area (TPSA) is 91.0 Å². The van der Waals surface area contributed by atoms with E-state index in [1.807, 2.05) is 31.2 Å². The molecule has 1 aromatic carbocycles. The van der Waals surface area contributed by atoms with Gasteiger partial charge >= 0.3 is 6.03 Å². The van der Waals surface area contributed by atoms with Gasteiger partial charge in [-0.05, 0) is 39.2 Å². The highest BCUT2D eigenvalue weighted by Gasteiger charge is 2.49. The minimum absolute atomic E-state index is 0.0269. The number of carbonyl (C=O) groups is 3. The molecule has 31 heavy (non-hydrogen) atoms. The van der Waals surface area contributed by atoms with E-state index in [4.69, 9.17) is 4.74 Å². The molecule has 4 amide bonds. The predicted molar refractivity (Wildman–Crippen MR) is 115 cm³/mol. The lowest BCUT2D eigenvalue weighted by Crippen LogP contribution is -2.57. The Morgan fingerprint density at radius 2 is 2.10 bits per heavy atom. The number of carbonyl (C=O) groups excluding carboxylic acids is 3. The van der Waals surface area contributed by atoms with Gasteiger partial charge in [-0.3, -0.25) is 14.5 Å². The van der Waals surface area contributed by atoms with Crippen molar-refractivity contribution < 1.29 is 19.1 Å². The molecule has 0 aromatic heterocycles.